The average molecular weight is 236 g/mol. The molecule has 1 rings (SSSR count). The van der Waals surface area contributed by atoms with E-state index in [1.54, 1.807) is 0 Å². The molecule has 1 N–H and O–H groups in total. The zero-order valence-electron chi connectivity index (χ0n) is 12.1. The van der Waals surface area contributed by atoms with Crippen LogP contribution < -0.4 is 5.32 Å². The third kappa shape index (κ3) is 4.32. The molecule has 1 fully saturated rings. The summed E-state index contributed by atoms with van der Waals surface area (Å²) in [4.78, 5) is 0. The van der Waals surface area contributed by atoms with Crippen molar-refractivity contribution >= 4 is 0 Å². The molecule has 1 saturated carbocycles. The molecule has 1 aliphatic carbocycles. The van der Waals surface area contributed by atoms with Crippen molar-refractivity contribution in [1.82, 2.24) is 5.32 Å². The molecular formula is C15H28N2. The molecule has 1 aliphatic rings. The van der Waals surface area contributed by atoms with Crippen molar-refractivity contribution in [3.05, 3.63) is 0 Å². The minimum Gasteiger partial charge on any atom is -0.312 e. The van der Waals surface area contributed by atoms with Crippen LogP contribution in [0.3, 0.4) is 0 Å². The van der Waals surface area contributed by atoms with Crippen molar-refractivity contribution < 1.29 is 0 Å². The van der Waals surface area contributed by atoms with Gasteiger partial charge in [-0.2, -0.15) is 5.26 Å². The van der Waals surface area contributed by atoms with Gasteiger partial charge in [0.1, 0.15) is 0 Å². The highest BCUT2D eigenvalue weighted by molar-refractivity contribution is 4.95. The van der Waals surface area contributed by atoms with E-state index >= 15 is 0 Å². The predicted molar refractivity (Wildman–Crippen MR) is 72.5 cm³/mol. The van der Waals surface area contributed by atoms with E-state index in [1.807, 2.05) is 13.8 Å². The zero-order chi connectivity index (χ0) is 13.1. The fraction of sp³-hybridized carbons (Fsp3) is 0.933. The summed E-state index contributed by atoms with van der Waals surface area (Å²) >= 11 is 0. The van der Waals surface area contributed by atoms with Crippen molar-refractivity contribution in [2.75, 3.05) is 6.54 Å². The standard InChI is InChI=1S/C15H28N2/c1-11(2)13-7-6-12(3)8-14(13)17-10-15(4,5)9-16/h11-14,17H,6-8,10H2,1-5H3. The molecule has 0 aromatic heterocycles. The second kappa shape index (κ2) is 5.87. The lowest BCUT2D eigenvalue weighted by Crippen LogP contribution is -2.45. The Kier molecular flexibility index (Phi) is 5.01. The van der Waals surface area contributed by atoms with Crippen molar-refractivity contribution in [3.8, 4) is 6.07 Å². The molecule has 2 heteroatoms. The number of hydrogen-bond acceptors (Lipinski definition) is 2. The first-order valence-corrected chi connectivity index (χ1v) is 7.00. The number of nitrogens with zero attached hydrogens (tertiary/aromatic N) is 1. The van der Waals surface area contributed by atoms with E-state index in [0.717, 1.165) is 24.3 Å². The Bertz CT molecular complexity index is 275. The average Bonchev–Trinajstić information content (AvgIpc) is 2.26. The summed E-state index contributed by atoms with van der Waals surface area (Å²) < 4.78 is 0. The Morgan fingerprint density at radius 3 is 2.53 bits per heavy atom. The third-order valence-electron chi connectivity index (χ3n) is 4.13. The third-order valence-corrected chi connectivity index (χ3v) is 4.13. The van der Waals surface area contributed by atoms with Gasteiger partial charge in [0, 0.05) is 12.6 Å². The molecule has 0 aliphatic heterocycles. The predicted octanol–water partition coefficient (Wildman–Crippen LogP) is 3.59. The van der Waals surface area contributed by atoms with Crippen LogP contribution in [0.25, 0.3) is 0 Å². The van der Waals surface area contributed by atoms with E-state index in [1.165, 1.54) is 19.3 Å². The summed E-state index contributed by atoms with van der Waals surface area (Å²) in [5.74, 6) is 2.35. The van der Waals surface area contributed by atoms with E-state index in [2.05, 4.69) is 32.2 Å². The normalized spacial score (nSPS) is 30.3. The minimum absolute atomic E-state index is 0.248. The van der Waals surface area contributed by atoms with Crippen LogP contribution in [0.15, 0.2) is 0 Å². The minimum atomic E-state index is -0.248. The molecule has 98 valence electrons. The molecule has 0 bridgehead atoms. The van der Waals surface area contributed by atoms with Crippen molar-refractivity contribution in [3.63, 3.8) is 0 Å². The number of hydrogen-bond donors (Lipinski definition) is 1. The Balaban J connectivity index is 2.56. The lowest BCUT2D eigenvalue weighted by molar-refractivity contribution is 0.163. The first-order valence-electron chi connectivity index (χ1n) is 7.00. The van der Waals surface area contributed by atoms with Crippen LogP contribution in [0.2, 0.25) is 0 Å². The van der Waals surface area contributed by atoms with Crippen LogP contribution in [-0.4, -0.2) is 12.6 Å². The van der Waals surface area contributed by atoms with E-state index in [4.69, 9.17) is 5.26 Å². The highest BCUT2D eigenvalue weighted by Crippen LogP contribution is 2.33. The first kappa shape index (κ1) is 14.5. The summed E-state index contributed by atoms with van der Waals surface area (Å²) in [6.07, 6.45) is 3.97. The Morgan fingerprint density at radius 2 is 2.00 bits per heavy atom. The maximum atomic E-state index is 9.06. The van der Waals surface area contributed by atoms with Gasteiger partial charge in [0.2, 0.25) is 0 Å². The van der Waals surface area contributed by atoms with Gasteiger partial charge < -0.3 is 5.32 Å². The largest absolute Gasteiger partial charge is 0.312 e. The number of nitrogens with one attached hydrogen (secondary N) is 1. The van der Waals surface area contributed by atoms with Crippen LogP contribution in [0.1, 0.15) is 53.9 Å². The molecule has 0 saturated heterocycles. The lowest BCUT2D eigenvalue weighted by atomic mass is 9.73. The smallest absolute Gasteiger partial charge is 0.0697 e. The second-order valence-corrected chi connectivity index (χ2v) is 6.81. The SMILES string of the molecule is CC1CCC(C(C)C)C(NCC(C)(C)C#N)C1. The van der Waals surface area contributed by atoms with Crippen molar-refractivity contribution in [1.29, 1.82) is 5.26 Å². The van der Waals surface area contributed by atoms with E-state index in [9.17, 15) is 0 Å². The molecule has 3 unspecified atom stereocenters. The van der Waals surface area contributed by atoms with Crippen molar-refractivity contribution in [2.24, 2.45) is 23.2 Å². The molecular weight excluding hydrogens is 208 g/mol. The summed E-state index contributed by atoms with van der Waals surface area (Å²) in [6.45, 7) is 11.8. The Morgan fingerprint density at radius 1 is 1.35 bits per heavy atom. The van der Waals surface area contributed by atoms with Gasteiger partial charge >= 0.3 is 0 Å². The van der Waals surface area contributed by atoms with Gasteiger partial charge in [-0.15, -0.1) is 0 Å². The summed E-state index contributed by atoms with van der Waals surface area (Å²) in [5, 5.41) is 12.7. The molecule has 0 aromatic rings. The molecule has 0 radical (unpaired) electrons. The van der Waals surface area contributed by atoms with Gasteiger partial charge in [-0.25, -0.2) is 0 Å². The van der Waals surface area contributed by atoms with E-state index in [-0.39, 0.29) is 5.41 Å². The number of rotatable bonds is 4. The van der Waals surface area contributed by atoms with E-state index in [0.29, 0.717) is 6.04 Å². The van der Waals surface area contributed by atoms with Gasteiger partial charge in [0.25, 0.3) is 0 Å². The molecule has 0 spiro atoms. The van der Waals surface area contributed by atoms with Crippen LogP contribution in [0.4, 0.5) is 0 Å². The van der Waals surface area contributed by atoms with Gasteiger partial charge in [0.05, 0.1) is 11.5 Å². The Labute approximate surface area is 107 Å². The Hall–Kier alpha value is -0.550. The quantitative estimate of drug-likeness (QED) is 0.809. The maximum Gasteiger partial charge on any atom is 0.0697 e. The molecule has 2 nitrogen and oxygen atoms in total. The maximum absolute atomic E-state index is 9.06. The van der Waals surface area contributed by atoms with Gasteiger partial charge in [0.15, 0.2) is 0 Å². The van der Waals surface area contributed by atoms with Crippen LogP contribution in [0.5, 0.6) is 0 Å². The number of nitriles is 1. The van der Waals surface area contributed by atoms with E-state index < -0.39 is 0 Å². The van der Waals surface area contributed by atoms with Crippen LogP contribution >= 0.6 is 0 Å². The topological polar surface area (TPSA) is 35.8 Å². The van der Waals surface area contributed by atoms with Gasteiger partial charge in [-0.3, -0.25) is 0 Å². The first-order chi connectivity index (χ1) is 7.85. The van der Waals surface area contributed by atoms with Gasteiger partial charge in [-0.1, -0.05) is 27.2 Å². The summed E-state index contributed by atoms with van der Waals surface area (Å²) in [6, 6.07) is 2.98. The molecule has 3 atom stereocenters. The molecule has 0 aromatic carbocycles. The lowest BCUT2D eigenvalue weighted by Gasteiger charge is -2.39. The fourth-order valence-electron chi connectivity index (χ4n) is 2.86. The fourth-order valence-corrected chi connectivity index (χ4v) is 2.86. The van der Waals surface area contributed by atoms with Gasteiger partial charge in [-0.05, 0) is 44.4 Å². The summed E-state index contributed by atoms with van der Waals surface area (Å²) in [5.41, 5.74) is -0.248. The second-order valence-electron chi connectivity index (χ2n) is 6.81. The molecule has 0 amide bonds. The highest BCUT2D eigenvalue weighted by Gasteiger charge is 2.31. The molecule has 17 heavy (non-hydrogen) atoms. The highest BCUT2D eigenvalue weighted by atomic mass is 14.9. The van der Waals surface area contributed by atoms with Crippen molar-refractivity contribution in [2.45, 2.75) is 59.9 Å². The molecule has 0 heterocycles. The summed E-state index contributed by atoms with van der Waals surface area (Å²) in [7, 11) is 0. The van der Waals surface area contributed by atoms with Crippen LogP contribution in [-0.2, 0) is 0 Å². The monoisotopic (exact) mass is 236 g/mol. The zero-order valence-corrected chi connectivity index (χ0v) is 12.1. The van der Waals surface area contributed by atoms with Crippen LogP contribution in [0, 0.1) is 34.5 Å².